The van der Waals surface area contributed by atoms with Crippen molar-refractivity contribution in [2.24, 2.45) is 11.8 Å². The molecule has 3 unspecified atom stereocenters. The molecule has 4 aliphatic carbocycles. The van der Waals surface area contributed by atoms with Crippen LogP contribution >= 0.6 is 17.0 Å². The summed E-state index contributed by atoms with van der Waals surface area (Å²) < 4.78 is 14.6. The number of allylic oxidation sites excluding steroid dienone is 6. The maximum atomic E-state index is 7.19. The summed E-state index contributed by atoms with van der Waals surface area (Å²) in [5, 5.41) is 0.321. The Morgan fingerprint density at radius 1 is 0.744 bits per heavy atom. The molecule has 0 bridgehead atoms. The Morgan fingerprint density at radius 2 is 1.18 bits per heavy atom. The summed E-state index contributed by atoms with van der Waals surface area (Å²) in [6.07, 6.45) is 15.7. The number of halogens is 2. The van der Waals surface area contributed by atoms with Gasteiger partial charge in [0.1, 0.15) is 0 Å². The number of hydrogen-bond donors (Lipinski definition) is 0. The molecule has 219 valence electrons. The van der Waals surface area contributed by atoms with Gasteiger partial charge in [-0.1, -0.05) is 0 Å². The van der Waals surface area contributed by atoms with E-state index in [4.69, 9.17) is 25.9 Å². The Labute approximate surface area is 257 Å². The number of rotatable bonds is 8. The zero-order valence-electron chi connectivity index (χ0n) is 26.3. The molecule has 0 saturated heterocycles. The van der Waals surface area contributed by atoms with Crippen LogP contribution in [0.2, 0.25) is 39.9 Å². The van der Waals surface area contributed by atoms with E-state index in [9.17, 15) is 0 Å². The van der Waals surface area contributed by atoms with E-state index in [0.29, 0.717) is 9.54 Å². The van der Waals surface area contributed by atoms with Gasteiger partial charge in [-0.15, -0.1) is 0 Å². The summed E-state index contributed by atoms with van der Waals surface area (Å²) in [5.74, 6) is 3.02. The van der Waals surface area contributed by atoms with Crippen LogP contribution in [-0.4, -0.2) is 16.6 Å². The van der Waals surface area contributed by atoms with E-state index in [-0.39, 0.29) is 16.0 Å². The van der Waals surface area contributed by atoms with Crippen LogP contribution in [0.4, 0.5) is 0 Å². The molecule has 4 aliphatic rings. The van der Waals surface area contributed by atoms with Crippen molar-refractivity contribution in [1.29, 1.82) is 0 Å². The van der Waals surface area contributed by atoms with Crippen molar-refractivity contribution in [3.8, 4) is 0 Å². The van der Waals surface area contributed by atoms with Crippen molar-refractivity contribution >= 4 is 33.7 Å². The molecule has 0 amide bonds. The van der Waals surface area contributed by atoms with Gasteiger partial charge in [-0.3, -0.25) is 0 Å². The Kier molecular flexibility index (Phi) is 9.84. The molecule has 7 heteroatoms. The normalized spacial score (nSPS) is 25.2. The first-order valence-corrected chi connectivity index (χ1v) is 28.9. The molecule has 3 atom stereocenters. The van der Waals surface area contributed by atoms with E-state index in [1.165, 1.54) is 68.5 Å². The van der Waals surface area contributed by atoms with E-state index >= 15 is 0 Å². The summed E-state index contributed by atoms with van der Waals surface area (Å²) >= 11 is -2.73. The molecular formula is C32H53Cl2O2Si2Zr. The third-order valence-electron chi connectivity index (χ3n) is 10.7. The first-order chi connectivity index (χ1) is 17.9. The molecule has 0 N–H and O–H groups in total. The molecule has 0 aromatic carbocycles. The van der Waals surface area contributed by atoms with Crippen molar-refractivity contribution in [3.05, 3.63) is 46.0 Å². The zero-order chi connectivity index (χ0) is 29.0. The predicted octanol–water partition coefficient (Wildman–Crippen LogP) is 11.9. The fraction of sp³-hybridized carbons (Fsp3) is 0.750. The van der Waals surface area contributed by atoms with Crippen LogP contribution in [0.1, 0.15) is 99.3 Å². The third-order valence-corrected chi connectivity index (χ3v) is 25.5. The van der Waals surface area contributed by atoms with Crippen molar-refractivity contribution < 1.29 is 28.2 Å². The van der Waals surface area contributed by atoms with Gasteiger partial charge in [0.25, 0.3) is 0 Å². The first-order valence-electron chi connectivity index (χ1n) is 15.4. The molecule has 0 spiro atoms. The van der Waals surface area contributed by atoms with Crippen LogP contribution in [0.5, 0.6) is 0 Å². The molecular weight excluding hydrogens is 635 g/mol. The monoisotopic (exact) mass is 685 g/mol. The Hall–Kier alpha value is 0.457. The minimum atomic E-state index is -2.73. The molecule has 4 rings (SSSR count). The number of hydrogen-bond acceptors (Lipinski definition) is 2. The summed E-state index contributed by atoms with van der Waals surface area (Å²) in [7, 11) is 10.4. The Balaban J connectivity index is 1.70. The second-order valence-corrected chi connectivity index (χ2v) is 34.2. The van der Waals surface area contributed by atoms with Crippen LogP contribution in [-0.2, 0) is 28.2 Å². The fourth-order valence-electron chi connectivity index (χ4n) is 6.26. The van der Waals surface area contributed by atoms with Crippen LogP contribution in [0.15, 0.2) is 46.0 Å². The van der Waals surface area contributed by atoms with Gasteiger partial charge in [0, 0.05) is 0 Å². The van der Waals surface area contributed by atoms with Crippen LogP contribution in [0.3, 0.4) is 0 Å². The van der Waals surface area contributed by atoms with E-state index in [2.05, 4.69) is 79.9 Å². The average molecular weight is 688 g/mol. The summed E-state index contributed by atoms with van der Waals surface area (Å²) in [4.78, 5) is 0. The predicted molar refractivity (Wildman–Crippen MR) is 171 cm³/mol. The molecule has 0 heterocycles. The standard InChI is InChI=1S/C32H53O2Si2.2ClH.Zr/c1-31(2,3)35(7,8)33-29-21-23-15-11-13-17-25(23)27(29)19-20-28-26-18-14-12-16-24(26)22-30(28)34-36(9,10)32(4,5)6;;;/h19,21-22,27-28H,11-18,20H2,1-10H3;2*1H;/q;;;+2/p-2. The van der Waals surface area contributed by atoms with Gasteiger partial charge < -0.3 is 0 Å². The zero-order valence-corrected chi connectivity index (χ0v) is 32.3. The quantitative estimate of drug-likeness (QED) is 0.237. The fourth-order valence-corrected chi connectivity index (χ4v) is 13.5. The third kappa shape index (κ3) is 6.84. The minimum absolute atomic E-state index is 0.153. The molecule has 2 nitrogen and oxygen atoms in total. The molecule has 0 radical (unpaired) electrons. The SMILES string of the molecule is CC(C)(C)[Si](C)(C)OC1=CC2=C(CCCC2)C1C[CH](C1C(O[Si](C)(C)C(C)(C)C)=CC2=C1CCCC2)[Zr]([Cl])[Cl]. The summed E-state index contributed by atoms with van der Waals surface area (Å²) in [6.45, 7) is 23.6. The molecule has 0 saturated carbocycles. The first kappa shape index (κ1) is 32.4. The van der Waals surface area contributed by atoms with Crippen LogP contribution < -0.4 is 0 Å². The molecule has 0 aromatic heterocycles. The van der Waals surface area contributed by atoms with E-state index in [1.54, 1.807) is 16.7 Å². The van der Waals surface area contributed by atoms with Crippen molar-refractivity contribution in [3.63, 3.8) is 0 Å². The molecule has 0 aliphatic heterocycles. The summed E-state index contributed by atoms with van der Waals surface area (Å²) in [5.41, 5.74) is 6.31. The molecule has 0 fully saturated rings. The van der Waals surface area contributed by atoms with Gasteiger partial charge in [-0.05, 0) is 0 Å². The van der Waals surface area contributed by atoms with Gasteiger partial charge in [-0.25, -0.2) is 0 Å². The van der Waals surface area contributed by atoms with Gasteiger partial charge in [0.05, 0.1) is 0 Å². The van der Waals surface area contributed by atoms with Gasteiger partial charge in [0.15, 0.2) is 0 Å². The summed E-state index contributed by atoms with van der Waals surface area (Å²) in [6, 6.07) is 0. The molecule has 39 heavy (non-hydrogen) atoms. The van der Waals surface area contributed by atoms with Gasteiger partial charge in [0.2, 0.25) is 0 Å². The van der Waals surface area contributed by atoms with Crippen molar-refractivity contribution in [2.45, 2.75) is 139 Å². The van der Waals surface area contributed by atoms with Crippen LogP contribution in [0, 0.1) is 11.8 Å². The van der Waals surface area contributed by atoms with E-state index in [1.807, 2.05) is 0 Å². The topological polar surface area (TPSA) is 18.5 Å². The average Bonchev–Trinajstić information content (AvgIpc) is 3.32. The second kappa shape index (κ2) is 11.9. The van der Waals surface area contributed by atoms with Gasteiger partial charge >= 0.3 is 259 Å². The van der Waals surface area contributed by atoms with Gasteiger partial charge in [-0.2, -0.15) is 0 Å². The Morgan fingerprint density at radius 3 is 1.69 bits per heavy atom. The van der Waals surface area contributed by atoms with E-state index in [0.717, 1.165) is 6.42 Å². The maximum absolute atomic E-state index is 7.19. The van der Waals surface area contributed by atoms with Crippen molar-refractivity contribution in [1.82, 2.24) is 0 Å². The van der Waals surface area contributed by atoms with Crippen molar-refractivity contribution in [2.75, 3.05) is 0 Å². The van der Waals surface area contributed by atoms with Crippen LogP contribution in [0.25, 0.3) is 0 Å². The second-order valence-electron chi connectivity index (χ2n) is 15.5. The van der Waals surface area contributed by atoms with E-state index < -0.39 is 36.0 Å². The Bertz CT molecular complexity index is 1070. The molecule has 0 aromatic rings.